The second kappa shape index (κ2) is 3.65. The minimum atomic E-state index is 0.297. The largest absolute Gasteiger partial charge is 0.333 e. The van der Waals surface area contributed by atoms with E-state index in [0.29, 0.717) is 12.0 Å². The smallest absolute Gasteiger partial charge is 0.179 e. The minimum Gasteiger partial charge on any atom is -0.333 e. The van der Waals surface area contributed by atoms with Gasteiger partial charge >= 0.3 is 0 Å². The van der Waals surface area contributed by atoms with Crippen LogP contribution in [0.3, 0.4) is 0 Å². The third-order valence-corrected chi connectivity index (χ3v) is 3.75. The van der Waals surface area contributed by atoms with Crippen LogP contribution >= 0.6 is 0 Å². The standard InChI is InChI=1S/C11H16N6/c1-6-7(2)12-8(3)17-5-9(4-10(6)17)11-13-15-16-14-11/h7,9H,4-5H2,1-3H3,(H,13,14,15,16). The molecule has 3 heterocycles. The van der Waals surface area contributed by atoms with Crippen LogP contribution in [0.2, 0.25) is 0 Å². The zero-order valence-corrected chi connectivity index (χ0v) is 10.3. The molecule has 2 aliphatic rings. The van der Waals surface area contributed by atoms with E-state index in [1.807, 2.05) is 0 Å². The van der Waals surface area contributed by atoms with Gasteiger partial charge in [-0.15, -0.1) is 10.2 Å². The summed E-state index contributed by atoms with van der Waals surface area (Å²) in [6.45, 7) is 7.29. The summed E-state index contributed by atoms with van der Waals surface area (Å²) in [5.41, 5.74) is 2.75. The number of fused-ring (bicyclic) bond motifs is 1. The molecule has 0 aromatic carbocycles. The summed E-state index contributed by atoms with van der Waals surface area (Å²) in [5.74, 6) is 2.23. The van der Waals surface area contributed by atoms with Crippen molar-refractivity contribution in [2.75, 3.05) is 6.54 Å². The number of tetrazole rings is 1. The lowest BCUT2D eigenvalue weighted by atomic mass is 10.0. The molecule has 2 atom stereocenters. The van der Waals surface area contributed by atoms with E-state index >= 15 is 0 Å². The summed E-state index contributed by atoms with van der Waals surface area (Å²) in [5, 5.41) is 14.3. The zero-order valence-electron chi connectivity index (χ0n) is 10.3. The van der Waals surface area contributed by atoms with Crippen molar-refractivity contribution in [2.45, 2.75) is 39.2 Å². The van der Waals surface area contributed by atoms with E-state index in [-0.39, 0.29) is 0 Å². The number of H-pyrrole nitrogens is 1. The maximum absolute atomic E-state index is 4.64. The first-order valence-corrected chi connectivity index (χ1v) is 5.91. The van der Waals surface area contributed by atoms with Gasteiger partial charge in [0.05, 0.1) is 6.04 Å². The summed E-state index contributed by atoms with van der Waals surface area (Å²) in [6.07, 6.45) is 0.989. The molecule has 0 aliphatic carbocycles. The summed E-state index contributed by atoms with van der Waals surface area (Å²) in [6, 6.07) is 0.297. The number of aromatic amines is 1. The van der Waals surface area contributed by atoms with Crippen LogP contribution in [0, 0.1) is 0 Å². The van der Waals surface area contributed by atoms with E-state index in [2.05, 4.69) is 51.3 Å². The maximum atomic E-state index is 4.64. The Balaban J connectivity index is 1.93. The van der Waals surface area contributed by atoms with E-state index in [1.165, 1.54) is 11.3 Å². The van der Waals surface area contributed by atoms with Crippen molar-refractivity contribution in [1.82, 2.24) is 25.5 Å². The Hall–Kier alpha value is -1.72. The fraction of sp³-hybridized carbons (Fsp3) is 0.636. The Labute approximate surface area is 99.8 Å². The number of nitrogens with zero attached hydrogens (tertiary/aromatic N) is 5. The Bertz CT molecular complexity index is 486. The van der Waals surface area contributed by atoms with E-state index in [0.717, 1.165) is 24.6 Å². The first kappa shape index (κ1) is 10.4. The lowest BCUT2D eigenvalue weighted by Gasteiger charge is -2.28. The molecule has 6 nitrogen and oxygen atoms in total. The molecule has 0 bridgehead atoms. The molecule has 3 rings (SSSR count). The minimum absolute atomic E-state index is 0.297. The van der Waals surface area contributed by atoms with Gasteiger partial charge in [-0.2, -0.15) is 5.21 Å². The molecule has 0 saturated carbocycles. The number of hydrogen-bond donors (Lipinski definition) is 1. The fourth-order valence-corrected chi connectivity index (χ4v) is 2.64. The van der Waals surface area contributed by atoms with Gasteiger partial charge in [0.15, 0.2) is 5.82 Å². The van der Waals surface area contributed by atoms with Gasteiger partial charge in [-0.25, -0.2) is 0 Å². The summed E-state index contributed by atoms with van der Waals surface area (Å²) >= 11 is 0. The number of rotatable bonds is 1. The molecule has 1 saturated heterocycles. The zero-order chi connectivity index (χ0) is 12.0. The first-order valence-electron chi connectivity index (χ1n) is 5.91. The van der Waals surface area contributed by atoms with Gasteiger partial charge in [0.1, 0.15) is 5.84 Å². The molecule has 2 unspecified atom stereocenters. The van der Waals surface area contributed by atoms with Gasteiger partial charge in [-0.1, -0.05) is 5.21 Å². The molecule has 2 aliphatic heterocycles. The first-order chi connectivity index (χ1) is 8.16. The number of nitrogens with one attached hydrogen (secondary N) is 1. The summed E-state index contributed by atoms with van der Waals surface area (Å²) < 4.78 is 0. The molecule has 6 heteroatoms. The molecule has 0 radical (unpaired) electrons. The Morgan fingerprint density at radius 3 is 2.88 bits per heavy atom. The summed E-state index contributed by atoms with van der Waals surface area (Å²) in [4.78, 5) is 6.93. The lowest BCUT2D eigenvalue weighted by molar-refractivity contribution is 0.525. The number of aromatic nitrogens is 4. The van der Waals surface area contributed by atoms with Gasteiger partial charge in [0.25, 0.3) is 0 Å². The Morgan fingerprint density at radius 2 is 2.18 bits per heavy atom. The highest BCUT2D eigenvalue weighted by Crippen LogP contribution is 2.37. The fourth-order valence-electron chi connectivity index (χ4n) is 2.64. The van der Waals surface area contributed by atoms with Crippen LogP contribution in [0.4, 0.5) is 0 Å². The van der Waals surface area contributed by atoms with Crippen LogP contribution in [0.5, 0.6) is 0 Å². The van der Waals surface area contributed by atoms with E-state index in [1.54, 1.807) is 0 Å². The third kappa shape index (κ3) is 1.55. The summed E-state index contributed by atoms with van der Waals surface area (Å²) in [7, 11) is 0. The predicted molar refractivity (Wildman–Crippen MR) is 63.5 cm³/mol. The van der Waals surface area contributed by atoms with E-state index in [4.69, 9.17) is 0 Å². The van der Waals surface area contributed by atoms with Gasteiger partial charge in [0, 0.05) is 18.2 Å². The van der Waals surface area contributed by atoms with Crippen LogP contribution in [0.25, 0.3) is 0 Å². The highest BCUT2D eigenvalue weighted by molar-refractivity contribution is 5.83. The molecule has 1 fully saturated rings. The second-order valence-corrected chi connectivity index (χ2v) is 4.76. The quantitative estimate of drug-likeness (QED) is 0.786. The number of hydrogen-bond acceptors (Lipinski definition) is 5. The average Bonchev–Trinajstić information content (AvgIpc) is 2.94. The third-order valence-electron chi connectivity index (χ3n) is 3.75. The van der Waals surface area contributed by atoms with Crippen LogP contribution in [-0.4, -0.2) is 43.9 Å². The lowest BCUT2D eigenvalue weighted by Crippen LogP contribution is -2.31. The monoisotopic (exact) mass is 232 g/mol. The molecular weight excluding hydrogens is 216 g/mol. The van der Waals surface area contributed by atoms with Gasteiger partial charge in [-0.05, 0) is 32.8 Å². The van der Waals surface area contributed by atoms with Crippen LogP contribution in [-0.2, 0) is 0 Å². The van der Waals surface area contributed by atoms with Gasteiger partial charge < -0.3 is 4.90 Å². The number of amidine groups is 1. The van der Waals surface area contributed by atoms with Crippen molar-refractivity contribution in [1.29, 1.82) is 0 Å². The molecular formula is C11H16N6. The Kier molecular flexibility index (Phi) is 2.24. The Morgan fingerprint density at radius 1 is 1.35 bits per heavy atom. The van der Waals surface area contributed by atoms with Crippen molar-refractivity contribution in [3.63, 3.8) is 0 Å². The average molecular weight is 232 g/mol. The van der Waals surface area contributed by atoms with E-state index in [9.17, 15) is 0 Å². The van der Waals surface area contributed by atoms with Crippen molar-refractivity contribution >= 4 is 5.84 Å². The molecule has 1 aromatic rings. The van der Waals surface area contributed by atoms with Crippen molar-refractivity contribution in [3.05, 3.63) is 17.1 Å². The highest BCUT2D eigenvalue weighted by atomic mass is 15.5. The normalized spacial score (nSPS) is 28.4. The number of allylic oxidation sites excluding steroid dienone is 1. The number of aliphatic imine (C=N–C) groups is 1. The molecule has 17 heavy (non-hydrogen) atoms. The van der Waals surface area contributed by atoms with Crippen molar-refractivity contribution in [2.24, 2.45) is 4.99 Å². The molecule has 1 aromatic heterocycles. The topological polar surface area (TPSA) is 70.1 Å². The van der Waals surface area contributed by atoms with Gasteiger partial charge in [0.2, 0.25) is 0 Å². The molecule has 90 valence electrons. The van der Waals surface area contributed by atoms with Crippen molar-refractivity contribution in [3.8, 4) is 0 Å². The van der Waals surface area contributed by atoms with Crippen LogP contribution in [0.1, 0.15) is 38.9 Å². The van der Waals surface area contributed by atoms with E-state index < -0.39 is 0 Å². The molecule has 1 N–H and O–H groups in total. The molecule has 0 spiro atoms. The molecule has 0 amide bonds. The van der Waals surface area contributed by atoms with Crippen molar-refractivity contribution < 1.29 is 0 Å². The SMILES string of the molecule is CC1=NC(C)C(C)=C2CC(c3nn[nH]n3)CN12. The second-order valence-electron chi connectivity index (χ2n) is 4.76. The highest BCUT2D eigenvalue weighted by Gasteiger charge is 2.35. The van der Waals surface area contributed by atoms with Crippen LogP contribution < -0.4 is 0 Å². The van der Waals surface area contributed by atoms with Crippen LogP contribution in [0.15, 0.2) is 16.3 Å². The van der Waals surface area contributed by atoms with Gasteiger partial charge in [-0.3, -0.25) is 4.99 Å². The maximum Gasteiger partial charge on any atom is 0.179 e. The predicted octanol–water partition coefficient (Wildman–Crippen LogP) is 1.08.